The molecule has 2 fully saturated rings. The van der Waals surface area contributed by atoms with Gasteiger partial charge in [-0.1, -0.05) is 32.0 Å². The molecule has 7 rings (SSSR count). The first kappa shape index (κ1) is 32.4. The summed E-state index contributed by atoms with van der Waals surface area (Å²) < 4.78 is 15.2. The topological polar surface area (TPSA) is 121 Å². The number of anilines is 2. The van der Waals surface area contributed by atoms with Crippen LogP contribution in [0.2, 0.25) is 0 Å². The zero-order valence-electron chi connectivity index (χ0n) is 27.2. The van der Waals surface area contributed by atoms with E-state index in [2.05, 4.69) is 15.5 Å². The van der Waals surface area contributed by atoms with Crippen LogP contribution in [0, 0.1) is 11.7 Å². The molecule has 13 heteroatoms. The molecule has 3 heterocycles. The highest BCUT2D eigenvalue weighted by Crippen LogP contribution is 2.32. The SMILES string of the molecule is CC.CC(c1nc2ccccc2c(=O)n1N1CCN(C(=O)C2CC2)CC1)N(C(=O)Nc1ccc(F)cc1)c1cccc(-n2nccn2)c1. The number of hydrogen-bond donors (Lipinski definition) is 1. The number of para-hydroxylation sites is 1. The summed E-state index contributed by atoms with van der Waals surface area (Å²) >= 11 is 0. The number of carbonyl (C=O) groups is 2. The predicted octanol–water partition coefficient (Wildman–Crippen LogP) is 5.13. The van der Waals surface area contributed by atoms with Crippen molar-refractivity contribution in [1.29, 1.82) is 0 Å². The van der Waals surface area contributed by atoms with Crippen molar-refractivity contribution >= 4 is 34.2 Å². The van der Waals surface area contributed by atoms with Crippen molar-refractivity contribution in [2.45, 2.75) is 39.7 Å². The third-order valence-corrected chi connectivity index (χ3v) is 8.39. The number of urea groups is 1. The van der Waals surface area contributed by atoms with Crippen molar-refractivity contribution in [2.75, 3.05) is 41.4 Å². The maximum absolute atomic E-state index is 14.2. The standard InChI is InChI=1S/C33H32FN9O3.C2H6/c1-22(41(33(46)37-25-13-11-24(34)12-14-25)26-5-4-6-27(21-26)43-35-15-16-36-43)30-38-29-8-3-2-7-28(29)32(45)42(30)40-19-17-39(18-20-40)31(44)23-9-10-23;1-2/h2-8,11-16,21-23H,9-10,17-20H2,1H3,(H,37,46);1-2H3. The molecule has 1 aliphatic carbocycles. The lowest BCUT2D eigenvalue weighted by Gasteiger charge is -2.39. The number of fused-ring (bicyclic) bond motifs is 1. The zero-order chi connectivity index (χ0) is 33.8. The van der Waals surface area contributed by atoms with Gasteiger partial charge in [-0.25, -0.2) is 18.8 Å². The Kier molecular flexibility index (Phi) is 9.46. The summed E-state index contributed by atoms with van der Waals surface area (Å²) in [5, 5.41) is 13.7. The Balaban J connectivity index is 0.00000197. The largest absolute Gasteiger partial charge is 0.339 e. The smallest absolute Gasteiger partial charge is 0.326 e. The molecule has 1 unspecified atom stereocenters. The molecule has 5 aromatic rings. The van der Waals surface area contributed by atoms with E-state index in [1.165, 1.54) is 34.0 Å². The monoisotopic (exact) mass is 651 g/mol. The first-order chi connectivity index (χ1) is 23.4. The Bertz CT molecular complexity index is 1950. The van der Waals surface area contributed by atoms with Crippen LogP contribution in [-0.4, -0.2) is 67.7 Å². The van der Waals surface area contributed by atoms with Crippen molar-refractivity contribution in [3.8, 4) is 5.69 Å². The Labute approximate surface area is 277 Å². The number of rotatable bonds is 7. The van der Waals surface area contributed by atoms with Gasteiger partial charge in [0.1, 0.15) is 5.82 Å². The molecule has 1 atom stereocenters. The van der Waals surface area contributed by atoms with E-state index < -0.39 is 17.9 Å². The number of halogens is 1. The number of aromatic nitrogens is 5. The van der Waals surface area contributed by atoms with Crippen LogP contribution < -0.4 is 20.8 Å². The van der Waals surface area contributed by atoms with Crippen LogP contribution in [0.25, 0.3) is 16.6 Å². The quantitative estimate of drug-likeness (QED) is 0.259. The van der Waals surface area contributed by atoms with E-state index in [-0.39, 0.29) is 17.4 Å². The second-order valence-corrected chi connectivity index (χ2v) is 11.5. The maximum Gasteiger partial charge on any atom is 0.326 e. The van der Waals surface area contributed by atoms with Gasteiger partial charge in [0.2, 0.25) is 5.91 Å². The first-order valence-electron chi connectivity index (χ1n) is 16.3. The molecule has 0 radical (unpaired) electrons. The number of benzene rings is 3. The number of nitrogens with zero attached hydrogens (tertiary/aromatic N) is 8. The van der Waals surface area contributed by atoms with Gasteiger partial charge in [-0.2, -0.15) is 15.0 Å². The van der Waals surface area contributed by atoms with Crippen LogP contribution >= 0.6 is 0 Å². The average Bonchev–Trinajstić information content (AvgIpc) is 3.83. The van der Waals surface area contributed by atoms with Gasteiger partial charge in [0.05, 0.1) is 48.1 Å². The Hall–Kier alpha value is -5.59. The fourth-order valence-electron chi connectivity index (χ4n) is 5.85. The molecule has 48 heavy (non-hydrogen) atoms. The van der Waals surface area contributed by atoms with E-state index in [1.807, 2.05) is 42.8 Å². The second kappa shape index (κ2) is 14.0. The summed E-state index contributed by atoms with van der Waals surface area (Å²) in [6.07, 6.45) is 4.98. The second-order valence-electron chi connectivity index (χ2n) is 11.5. The molecule has 0 spiro atoms. The Morgan fingerprint density at radius 3 is 2.29 bits per heavy atom. The third kappa shape index (κ3) is 6.61. The summed E-state index contributed by atoms with van der Waals surface area (Å²) in [7, 11) is 0. The molecule has 248 valence electrons. The highest BCUT2D eigenvalue weighted by atomic mass is 19.1. The van der Waals surface area contributed by atoms with Crippen molar-refractivity contribution in [3.05, 3.63) is 107 Å². The van der Waals surface area contributed by atoms with Crippen molar-refractivity contribution < 1.29 is 14.0 Å². The van der Waals surface area contributed by atoms with Crippen molar-refractivity contribution in [2.24, 2.45) is 5.92 Å². The number of piperazine rings is 1. The molecule has 3 aromatic carbocycles. The molecule has 1 N–H and O–H groups in total. The normalized spacial score (nSPS) is 15.0. The maximum atomic E-state index is 14.2. The lowest BCUT2D eigenvalue weighted by atomic mass is 10.1. The molecule has 2 aromatic heterocycles. The van der Waals surface area contributed by atoms with Crippen LogP contribution in [0.1, 0.15) is 45.5 Å². The van der Waals surface area contributed by atoms with E-state index in [0.29, 0.717) is 60.0 Å². The van der Waals surface area contributed by atoms with Crippen LogP contribution in [-0.2, 0) is 4.79 Å². The molecule has 2 aliphatic rings. The van der Waals surface area contributed by atoms with Crippen LogP contribution in [0.15, 0.2) is 90.0 Å². The predicted molar refractivity (Wildman–Crippen MR) is 182 cm³/mol. The molecular weight excluding hydrogens is 613 g/mol. The van der Waals surface area contributed by atoms with Gasteiger partial charge in [-0.15, -0.1) is 0 Å². The van der Waals surface area contributed by atoms with E-state index in [1.54, 1.807) is 53.5 Å². The van der Waals surface area contributed by atoms with Crippen LogP contribution in [0.5, 0.6) is 0 Å². The Morgan fingerprint density at radius 1 is 0.917 bits per heavy atom. The molecular formula is C35H38FN9O3. The first-order valence-corrected chi connectivity index (χ1v) is 16.3. The summed E-state index contributed by atoms with van der Waals surface area (Å²) in [5.74, 6) is 0.217. The summed E-state index contributed by atoms with van der Waals surface area (Å²) in [6.45, 7) is 7.63. The van der Waals surface area contributed by atoms with E-state index in [0.717, 1.165) is 12.8 Å². The minimum atomic E-state index is -0.773. The van der Waals surface area contributed by atoms with Crippen molar-refractivity contribution in [3.63, 3.8) is 0 Å². The minimum Gasteiger partial charge on any atom is -0.339 e. The summed E-state index contributed by atoms with van der Waals surface area (Å²) in [5.41, 5.74) is 1.75. The van der Waals surface area contributed by atoms with Crippen molar-refractivity contribution in [1.82, 2.24) is 29.6 Å². The van der Waals surface area contributed by atoms with Gasteiger partial charge >= 0.3 is 6.03 Å². The van der Waals surface area contributed by atoms with E-state index in [4.69, 9.17) is 4.98 Å². The highest BCUT2D eigenvalue weighted by molar-refractivity contribution is 6.02. The number of amides is 3. The molecule has 3 amide bonds. The van der Waals surface area contributed by atoms with Gasteiger partial charge in [0.15, 0.2) is 5.82 Å². The third-order valence-electron chi connectivity index (χ3n) is 8.39. The minimum absolute atomic E-state index is 0.119. The lowest BCUT2D eigenvalue weighted by molar-refractivity contribution is -0.133. The van der Waals surface area contributed by atoms with Crippen LogP contribution in [0.4, 0.5) is 20.6 Å². The average molecular weight is 652 g/mol. The van der Waals surface area contributed by atoms with Gasteiger partial charge in [0.25, 0.3) is 5.56 Å². The van der Waals surface area contributed by atoms with Gasteiger partial charge in [-0.3, -0.25) is 14.5 Å². The summed E-state index contributed by atoms with van der Waals surface area (Å²) in [4.78, 5) is 50.9. The van der Waals surface area contributed by atoms with Gasteiger partial charge in [-0.05, 0) is 74.4 Å². The van der Waals surface area contributed by atoms with Crippen LogP contribution in [0.3, 0.4) is 0 Å². The Morgan fingerprint density at radius 2 is 1.60 bits per heavy atom. The van der Waals surface area contributed by atoms with E-state index in [9.17, 15) is 18.8 Å². The highest BCUT2D eigenvalue weighted by Gasteiger charge is 2.36. The number of nitrogens with one attached hydrogen (secondary N) is 1. The summed E-state index contributed by atoms with van der Waals surface area (Å²) in [6, 6.07) is 18.5. The van der Waals surface area contributed by atoms with Gasteiger partial charge in [0, 0.05) is 30.4 Å². The van der Waals surface area contributed by atoms with Gasteiger partial charge < -0.3 is 15.2 Å². The molecule has 0 bridgehead atoms. The number of hydrogen-bond acceptors (Lipinski definition) is 7. The molecule has 1 aliphatic heterocycles. The molecule has 1 saturated carbocycles. The fraction of sp³-hybridized carbons (Fsp3) is 0.314. The lowest BCUT2D eigenvalue weighted by Crippen LogP contribution is -2.57. The zero-order valence-corrected chi connectivity index (χ0v) is 27.2. The number of carbonyl (C=O) groups excluding carboxylic acids is 2. The fourth-order valence-corrected chi connectivity index (χ4v) is 5.85. The molecule has 12 nitrogen and oxygen atoms in total. The molecule has 1 saturated heterocycles. The van der Waals surface area contributed by atoms with E-state index >= 15 is 0 Å².